The lowest BCUT2D eigenvalue weighted by Gasteiger charge is -2.36. The van der Waals surface area contributed by atoms with Gasteiger partial charge in [0, 0.05) is 41.4 Å². The van der Waals surface area contributed by atoms with Crippen LogP contribution >= 0.6 is 27.5 Å². The minimum Gasteiger partial charge on any atom is -0.368 e. The lowest BCUT2D eigenvalue weighted by Crippen LogP contribution is -2.49. The molecule has 150 valence electrons. The Morgan fingerprint density at radius 1 is 1.03 bits per heavy atom. The van der Waals surface area contributed by atoms with Crippen molar-refractivity contribution in [3.8, 4) is 5.69 Å². The van der Waals surface area contributed by atoms with E-state index in [1.165, 1.54) is 5.56 Å². The van der Waals surface area contributed by atoms with Crippen LogP contribution in [0.4, 0.5) is 5.69 Å². The molecule has 2 heterocycles. The van der Waals surface area contributed by atoms with E-state index >= 15 is 0 Å². The molecule has 0 N–H and O–H groups in total. The van der Waals surface area contributed by atoms with Gasteiger partial charge in [0.1, 0.15) is 0 Å². The maximum Gasteiger partial charge on any atom is 0.276 e. The second-order valence-electron chi connectivity index (χ2n) is 7.12. The zero-order valence-corrected chi connectivity index (χ0v) is 18.6. The Bertz CT molecular complexity index is 1040. The Hall–Kier alpha value is -2.38. The van der Waals surface area contributed by atoms with Crippen LogP contribution in [0.25, 0.3) is 5.69 Å². The van der Waals surface area contributed by atoms with Gasteiger partial charge >= 0.3 is 0 Å². The fourth-order valence-electron chi connectivity index (χ4n) is 3.58. The third-order valence-corrected chi connectivity index (χ3v) is 6.01. The first kappa shape index (κ1) is 19.9. The third-order valence-electron chi connectivity index (χ3n) is 5.25. The van der Waals surface area contributed by atoms with Crippen LogP contribution in [0, 0.1) is 13.8 Å². The number of rotatable bonds is 3. The quantitative estimate of drug-likeness (QED) is 0.569. The summed E-state index contributed by atoms with van der Waals surface area (Å²) in [4.78, 5) is 17.2. The lowest BCUT2D eigenvalue weighted by molar-refractivity contribution is 0.0740. The molecule has 2 aromatic carbocycles. The molecule has 0 aliphatic carbocycles. The summed E-state index contributed by atoms with van der Waals surface area (Å²) < 4.78 is 2.69. The Kier molecular flexibility index (Phi) is 5.61. The number of piperazine rings is 1. The van der Waals surface area contributed by atoms with Crippen LogP contribution in [0.1, 0.15) is 21.7 Å². The van der Waals surface area contributed by atoms with Crippen molar-refractivity contribution in [1.29, 1.82) is 0 Å². The molecule has 4 rings (SSSR count). The largest absolute Gasteiger partial charge is 0.368 e. The summed E-state index contributed by atoms with van der Waals surface area (Å²) in [7, 11) is 0. The lowest BCUT2D eigenvalue weighted by atomic mass is 10.1. The van der Waals surface area contributed by atoms with Crippen LogP contribution in [-0.4, -0.2) is 52.0 Å². The molecule has 0 atom stereocenters. The fraction of sp³-hybridized carbons (Fsp3) is 0.286. The van der Waals surface area contributed by atoms with Crippen LogP contribution < -0.4 is 4.90 Å². The Morgan fingerprint density at radius 3 is 2.41 bits per heavy atom. The van der Waals surface area contributed by atoms with Gasteiger partial charge in [0.15, 0.2) is 5.69 Å². The number of nitrogens with zero attached hydrogens (tertiary/aromatic N) is 5. The topological polar surface area (TPSA) is 54.3 Å². The maximum absolute atomic E-state index is 13.0. The predicted molar refractivity (Wildman–Crippen MR) is 118 cm³/mol. The second kappa shape index (κ2) is 8.16. The molecule has 0 bridgehead atoms. The number of anilines is 1. The molecule has 1 aliphatic rings. The summed E-state index contributed by atoms with van der Waals surface area (Å²) in [6, 6.07) is 13.7. The van der Waals surface area contributed by atoms with E-state index in [1.807, 2.05) is 54.3 Å². The number of carbonyl (C=O) groups is 1. The van der Waals surface area contributed by atoms with Gasteiger partial charge in [-0.05, 0) is 55.8 Å². The van der Waals surface area contributed by atoms with Gasteiger partial charge in [0.25, 0.3) is 5.91 Å². The van der Waals surface area contributed by atoms with Crippen molar-refractivity contribution in [3.05, 3.63) is 68.9 Å². The number of hydrogen-bond acceptors (Lipinski definition) is 4. The van der Waals surface area contributed by atoms with Gasteiger partial charge in [0.05, 0.1) is 11.4 Å². The first-order valence-corrected chi connectivity index (χ1v) is 10.6. The number of hydrogen-bond donors (Lipinski definition) is 0. The first-order valence-electron chi connectivity index (χ1n) is 9.42. The molecule has 3 aromatic rings. The zero-order valence-electron chi connectivity index (χ0n) is 16.3. The number of halogens is 2. The SMILES string of the molecule is Cc1ccc(Cl)cc1N1CCN(C(=O)c2nnn(-c3ccc(Br)cc3)c2C)CC1. The van der Waals surface area contributed by atoms with E-state index in [2.05, 4.69) is 38.1 Å². The minimum absolute atomic E-state index is 0.0756. The summed E-state index contributed by atoms with van der Waals surface area (Å²) >= 11 is 9.59. The summed E-state index contributed by atoms with van der Waals surface area (Å²) in [6.07, 6.45) is 0. The molecule has 1 aliphatic heterocycles. The average Bonchev–Trinajstić information content (AvgIpc) is 3.11. The van der Waals surface area contributed by atoms with Gasteiger partial charge in [-0.25, -0.2) is 4.68 Å². The van der Waals surface area contributed by atoms with Crippen LogP contribution in [0.15, 0.2) is 46.9 Å². The molecule has 0 radical (unpaired) electrons. The molecule has 29 heavy (non-hydrogen) atoms. The van der Waals surface area contributed by atoms with E-state index in [-0.39, 0.29) is 5.91 Å². The van der Waals surface area contributed by atoms with Gasteiger partial charge in [-0.1, -0.05) is 38.8 Å². The number of benzene rings is 2. The minimum atomic E-state index is -0.0756. The number of amides is 1. The Morgan fingerprint density at radius 2 is 1.72 bits per heavy atom. The van der Waals surface area contributed by atoms with Crippen molar-refractivity contribution in [2.45, 2.75) is 13.8 Å². The van der Waals surface area contributed by atoms with E-state index in [0.717, 1.165) is 39.7 Å². The highest BCUT2D eigenvalue weighted by atomic mass is 79.9. The van der Waals surface area contributed by atoms with Crippen molar-refractivity contribution in [1.82, 2.24) is 19.9 Å². The summed E-state index contributed by atoms with van der Waals surface area (Å²) in [6.45, 7) is 6.73. The Labute approximate surface area is 183 Å². The summed E-state index contributed by atoms with van der Waals surface area (Å²) in [5.74, 6) is -0.0756. The number of carbonyl (C=O) groups excluding carboxylic acids is 1. The molecular weight excluding hydrogens is 454 g/mol. The molecule has 1 fully saturated rings. The molecule has 1 saturated heterocycles. The van der Waals surface area contributed by atoms with Crippen LogP contribution in [0.5, 0.6) is 0 Å². The van der Waals surface area contributed by atoms with E-state index < -0.39 is 0 Å². The Balaban J connectivity index is 1.48. The molecule has 0 unspecified atom stereocenters. The van der Waals surface area contributed by atoms with Gasteiger partial charge in [-0.3, -0.25) is 4.79 Å². The smallest absolute Gasteiger partial charge is 0.276 e. The van der Waals surface area contributed by atoms with Gasteiger partial charge in [-0.2, -0.15) is 0 Å². The first-order chi connectivity index (χ1) is 13.9. The van der Waals surface area contributed by atoms with Crippen LogP contribution in [0.2, 0.25) is 5.02 Å². The van der Waals surface area contributed by atoms with Crippen molar-refractivity contribution < 1.29 is 4.79 Å². The molecule has 0 spiro atoms. The summed E-state index contributed by atoms with van der Waals surface area (Å²) in [5.41, 5.74) is 4.33. The molecule has 1 amide bonds. The van der Waals surface area contributed by atoms with E-state index in [0.29, 0.717) is 18.8 Å². The standard InChI is InChI=1S/C21H21BrClN5O/c1-14-3-6-17(23)13-19(14)26-9-11-27(12-10-26)21(29)20-15(2)28(25-24-20)18-7-4-16(22)5-8-18/h3-8,13H,9-12H2,1-2H3. The van der Waals surface area contributed by atoms with E-state index in [9.17, 15) is 4.79 Å². The van der Waals surface area contributed by atoms with Crippen molar-refractivity contribution in [2.24, 2.45) is 0 Å². The van der Waals surface area contributed by atoms with Crippen LogP contribution in [-0.2, 0) is 0 Å². The van der Waals surface area contributed by atoms with Crippen molar-refractivity contribution in [2.75, 3.05) is 31.1 Å². The molecule has 0 saturated carbocycles. The molecular formula is C21H21BrClN5O. The number of aryl methyl sites for hydroxylation is 1. The monoisotopic (exact) mass is 473 g/mol. The van der Waals surface area contributed by atoms with Crippen LogP contribution in [0.3, 0.4) is 0 Å². The normalized spacial score (nSPS) is 14.3. The predicted octanol–water partition coefficient (Wildman–Crippen LogP) is 4.26. The van der Waals surface area contributed by atoms with Crippen molar-refractivity contribution in [3.63, 3.8) is 0 Å². The maximum atomic E-state index is 13.0. The average molecular weight is 475 g/mol. The zero-order chi connectivity index (χ0) is 20.5. The van der Waals surface area contributed by atoms with Gasteiger partial charge in [-0.15, -0.1) is 5.10 Å². The molecule has 6 nitrogen and oxygen atoms in total. The van der Waals surface area contributed by atoms with Gasteiger partial charge < -0.3 is 9.80 Å². The molecule has 1 aromatic heterocycles. The third kappa shape index (κ3) is 4.02. The second-order valence-corrected chi connectivity index (χ2v) is 8.47. The van der Waals surface area contributed by atoms with Gasteiger partial charge in [0.2, 0.25) is 0 Å². The highest BCUT2D eigenvalue weighted by molar-refractivity contribution is 9.10. The molecule has 8 heteroatoms. The highest BCUT2D eigenvalue weighted by Crippen LogP contribution is 2.26. The van der Waals surface area contributed by atoms with E-state index in [1.54, 1.807) is 4.68 Å². The van der Waals surface area contributed by atoms with Crippen molar-refractivity contribution >= 4 is 39.1 Å². The summed E-state index contributed by atoms with van der Waals surface area (Å²) in [5, 5.41) is 9.09. The van der Waals surface area contributed by atoms with E-state index in [4.69, 9.17) is 11.6 Å². The number of aromatic nitrogens is 3. The fourth-order valence-corrected chi connectivity index (χ4v) is 4.01. The highest BCUT2D eigenvalue weighted by Gasteiger charge is 2.27.